The summed E-state index contributed by atoms with van der Waals surface area (Å²) in [4.78, 5) is 26.2. The Balaban J connectivity index is 2.21. The number of anilines is 1. The number of carboxylic acids is 1. The van der Waals surface area contributed by atoms with Crippen molar-refractivity contribution in [1.82, 2.24) is 4.90 Å². The Labute approximate surface area is 116 Å². The molecule has 0 aromatic heterocycles. The number of rotatable bonds is 3. The second kappa shape index (κ2) is 5.93. The maximum Gasteiger partial charge on any atom is 0.325 e. The van der Waals surface area contributed by atoms with Crippen LogP contribution in [0, 0.1) is 0 Å². The SMILES string of the molecule is O=C(O)CN(C(=O)N1CCCC1)c1ccc(Cl)cc1. The minimum atomic E-state index is -1.04. The van der Waals surface area contributed by atoms with Gasteiger partial charge in [-0.05, 0) is 37.1 Å². The lowest BCUT2D eigenvalue weighted by Crippen LogP contribution is -2.44. The summed E-state index contributed by atoms with van der Waals surface area (Å²) in [6.07, 6.45) is 1.93. The molecule has 6 heteroatoms. The van der Waals surface area contributed by atoms with Crippen LogP contribution in [-0.2, 0) is 4.79 Å². The molecule has 2 rings (SSSR count). The van der Waals surface area contributed by atoms with Crippen LogP contribution in [0.15, 0.2) is 24.3 Å². The zero-order chi connectivity index (χ0) is 13.8. The first-order chi connectivity index (χ1) is 9.08. The van der Waals surface area contributed by atoms with Gasteiger partial charge in [-0.3, -0.25) is 9.69 Å². The summed E-state index contributed by atoms with van der Waals surface area (Å²) in [6, 6.07) is 6.33. The van der Waals surface area contributed by atoms with Crippen LogP contribution in [0.4, 0.5) is 10.5 Å². The summed E-state index contributed by atoms with van der Waals surface area (Å²) >= 11 is 5.80. The van der Waals surface area contributed by atoms with Gasteiger partial charge in [-0.1, -0.05) is 11.6 Å². The summed E-state index contributed by atoms with van der Waals surface area (Å²) < 4.78 is 0. The van der Waals surface area contributed by atoms with Crippen LogP contribution in [-0.4, -0.2) is 41.6 Å². The van der Waals surface area contributed by atoms with Crippen LogP contribution in [0.5, 0.6) is 0 Å². The monoisotopic (exact) mass is 282 g/mol. The van der Waals surface area contributed by atoms with Gasteiger partial charge in [0.05, 0.1) is 0 Å². The predicted molar refractivity (Wildman–Crippen MR) is 72.6 cm³/mol. The average molecular weight is 283 g/mol. The van der Waals surface area contributed by atoms with E-state index in [9.17, 15) is 9.59 Å². The number of amides is 2. The third kappa shape index (κ3) is 3.38. The van der Waals surface area contributed by atoms with E-state index >= 15 is 0 Å². The minimum absolute atomic E-state index is 0.262. The number of halogens is 1. The van der Waals surface area contributed by atoms with Crippen LogP contribution in [0.25, 0.3) is 0 Å². The van der Waals surface area contributed by atoms with Crippen molar-refractivity contribution < 1.29 is 14.7 Å². The number of carbonyl (C=O) groups excluding carboxylic acids is 1. The number of hydrogen-bond acceptors (Lipinski definition) is 2. The molecule has 5 nitrogen and oxygen atoms in total. The summed E-state index contributed by atoms with van der Waals surface area (Å²) in [7, 11) is 0. The minimum Gasteiger partial charge on any atom is -0.480 e. The second-order valence-electron chi connectivity index (χ2n) is 4.43. The van der Waals surface area contributed by atoms with Crippen molar-refractivity contribution in [2.45, 2.75) is 12.8 Å². The van der Waals surface area contributed by atoms with E-state index in [0.29, 0.717) is 23.8 Å². The van der Waals surface area contributed by atoms with Crippen LogP contribution in [0.1, 0.15) is 12.8 Å². The highest BCUT2D eigenvalue weighted by atomic mass is 35.5. The standard InChI is InChI=1S/C13H15ClN2O3/c14-10-3-5-11(6-4-10)16(9-12(17)18)13(19)15-7-1-2-8-15/h3-6H,1-2,7-9H2,(H,17,18). The molecule has 0 radical (unpaired) electrons. The van der Waals surface area contributed by atoms with E-state index in [1.165, 1.54) is 4.90 Å². The quantitative estimate of drug-likeness (QED) is 0.926. The average Bonchev–Trinajstić information content (AvgIpc) is 2.90. The van der Waals surface area contributed by atoms with Crippen molar-refractivity contribution in [3.8, 4) is 0 Å². The molecule has 2 amide bonds. The fourth-order valence-electron chi connectivity index (χ4n) is 2.10. The number of benzene rings is 1. The third-order valence-electron chi connectivity index (χ3n) is 3.04. The Morgan fingerprint density at radius 3 is 2.32 bits per heavy atom. The van der Waals surface area contributed by atoms with Crippen molar-refractivity contribution in [3.05, 3.63) is 29.3 Å². The first-order valence-electron chi connectivity index (χ1n) is 6.12. The molecule has 1 fully saturated rings. The lowest BCUT2D eigenvalue weighted by Gasteiger charge is -2.26. The predicted octanol–water partition coefficient (Wildman–Crippen LogP) is 2.45. The molecule has 1 aliphatic rings. The molecule has 0 saturated carbocycles. The van der Waals surface area contributed by atoms with E-state index in [-0.39, 0.29) is 12.6 Å². The van der Waals surface area contributed by atoms with E-state index in [1.807, 2.05) is 0 Å². The molecule has 1 aromatic rings. The largest absolute Gasteiger partial charge is 0.480 e. The molecule has 1 heterocycles. The number of hydrogen-bond donors (Lipinski definition) is 1. The van der Waals surface area contributed by atoms with Gasteiger partial charge in [0, 0.05) is 23.8 Å². The van der Waals surface area contributed by atoms with Crippen LogP contribution in [0.2, 0.25) is 5.02 Å². The highest BCUT2D eigenvalue weighted by molar-refractivity contribution is 6.30. The van der Waals surface area contributed by atoms with Gasteiger partial charge in [0.1, 0.15) is 6.54 Å². The summed E-state index contributed by atoms with van der Waals surface area (Å²) in [5.74, 6) is -1.04. The molecule has 0 bridgehead atoms. The van der Waals surface area contributed by atoms with Crippen molar-refractivity contribution in [3.63, 3.8) is 0 Å². The van der Waals surface area contributed by atoms with Crippen molar-refractivity contribution in [2.75, 3.05) is 24.5 Å². The van der Waals surface area contributed by atoms with E-state index in [4.69, 9.17) is 16.7 Å². The maximum absolute atomic E-state index is 12.3. The summed E-state index contributed by atoms with van der Waals surface area (Å²) in [6.45, 7) is 1.02. The number of carboxylic acid groups (broad SMARTS) is 1. The fourth-order valence-corrected chi connectivity index (χ4v) is 2.23. The molecule has 1 N–H and O–H groups in total. The maximum atomic E-state index is 12.3. The van der Waals surface area contributed by atoms with Crippen LogP contribution < -0.4 is 4.90 Å². The first kappa shape index (κ1) is 13.7. The van der Waals surface area contributed by atoms with Gasteiger partial charge in [-0.15, -0.1) is 0 Å². The van der Waals surface area contributed by atoms with Gasteiger partial charge in [0.2, 0.25) is 0 Å². The second-order valence-corrected chi connectivity index (χ2v) is 4.87. The number of urea groups is 1. The Kier molecular flexibility index (Phi) is 4.27. The first-order valence-corrected chi connectivity index (χ1v) is 6.49. The number of carbonyl (C=O) groups is 2. The molecule has 1 aromatic carbocycles. The van der Waals surface area contributed by atoms with Gasteiger partial charge in [-0.25, -0.2) is 4.79 Å². The number of likely N-dealkylation sites (tertiary alicyclic amines) is 1. The topological polar surface area (TPSA) is 60.9 Å². The van der Waals surface area contributed by atoms with Crippen LogP contribution >= 0.6 is 11.6 Å². The number of aliphatic carboxylic acids is 1. The highest BCUT2D eigenvalue weighted by Gasteiger charge is 2.26. The molecule has 19 heavy (non-hydrogen) atoms. The Bertz CT molecular complexity index is 469. The van der Waals surface area contributed by atoms with Gasteiger partial charge in [-0.2, -0.15) is 0 Å². The lowest BCUT2D eigenvalue weighted by molar-refractivity contribution is -0.135. The van der Waals surface area contributed by atoms with Gasteiger partial charge >= 0.3 is 12.0 Å². The molecule has 1 saturated heterocycles. The molecule has 0 spiro atoms. The van der Waals surface area contributed by atoms with E-state index in [2.05, 4.69) is 0 Å². The van der Waals surface area contributed by atoms with Gasteiger partial charge < -0.3 is 10.0 Å². The lowest BCUT2D eigenvalue weighted by atomic mass is 10.3. The van der Waals surface area contributed by atoms with E-state index < -0.39 is 5.97 Å². The number of nitrogens with zero attached hydrogens (tertiary/aromatic N) is 2. The molecular formula is C13H15ClN2O3. The van der Waals surface area contributed by atoms with Crippen molar-refractivity contribution in [2.24, 2.45) is 0 Å². The van der Waals surface area contributed by atoms with Crippen molar-refractivity contribution in [1.29, 1.82) is 0 Å². The normalized spacial score (nSPS) is 14.5. The van der Waals surface area contributed by atoms with E-state index in [1.54, 1.807) is 29.2 Å². The molecule has 0 aliphatic carbocycles. The summed E-state index contributed by atoms with van der Waals surface area (Å²) in [5.41, 5.74) is 0.545. The Morgan fingerprint density at radius 2 is 1.79 bits per heavy atom. The van der Waals surface area contributed by atoms with Gasteiger partial charge in [0.15, 0.2) is 0 Å². The zero-order valence-corrected chi connectivity index (χ0v) is 11.1. The molecule has 1 aliphatic heterocycles. The summed E-state index contributed by atoms with van der Waals surface area (Å²) in [5, 5.41) is 9.50. The highest BCUT2D eigenvalue weighted by Crippen LogP contribution is 2.21. The zero-order valence-electron chi connectivity index (χ0n) is 10.4. The molecular weight excluding hydrogens is 268 g/mol. The molecule has 102 valence electrons. The molecule has 0 atom stereocenters. The third-order valence-corrected chi connectivity index (χ3v) is 3.29. The Hall–Kier alpha value is -1.75. The van der Waals surface area contributed by atoms with Crippen molar-refractivity contribution >= 4 is 29.3 Å². The fraction of sp³-hybridized carbons (Fsp3) is 0.385. The van der Waals surface area contributed by atoms with E-state index in [0.717, 1.165) is 12.8 Å². The Morgan fingerprint density at radius 1 is 1.21 bits per heavy atom. The smallest absolute Gasteiger partial charge is 0.325 e. The molecule has 0 unspecified atom stereocenters. The van der Waals surface area contributed by atoms with Crippen LogP contribution in [0.3, 0.4) is 0 Å². The van der Waals surface area contributed by atoms with Gasteiger partial charge in [0.25, 0.3) is 0 Å².